The number of rotatable bonds is 5. The summed E-state index contributed by atoms with van der Waals surface area (Å²) in [6, 6.07) is 9.31. The summed E-state index contributed by atoms with van der Waals surface area (Å²) in [7, 11) is 2.99. The van der Waals surface area contributed by atoms with Gasteiger partial charge in [0.2, 0.25) is 0 Å². The molecule has 1 aliphatic rings. The molecule has 0 saturated carbocycles. The van der Waals surface area contributed by atoms with E-state index in [1.165, 1.54) is 7.11 Å². The second kappa shape index (κ2) is 8.53. The van der Waals surface area contributed by atoms with Gasteiger partial charge in [-0.1, -0.05) is 30.3 Å². The van der Waals surface area contributed by atoms with Gasteiger partial charge in [0.05, 0.1) is 25.7 Å². The van der Waals surface area contributed by atoms with Gasteiger partial charge in [-0.3, -0.25) is 4.79 Å². The summed E-state index contributed by atoms with van der Waals surface area (Å²) in [5.41, 5.74) is 0.990. The standard InChI is InChI=1S/C17H24N2O4/c1-22-12-15(13-7-4-3-5-8-13)18-17(21)19-10-6-9-14(11-19)16(20)23-2/h3-5,7-8,14-15H,6,9-12H2,1-2H3,(H,18,21). The van der Waals surface area contributed by atoms with Crippen molar-refractivity contribution in [1.82, 2.24) is 10.2 Å². The number of hydrogen-bond donors (Lipinski definition) is 1. The Morgan fingerprint density at radius 3 is 2.70 bits per heavy atom. The number of carbonyl (C=O) groups is 2. The third kappa shape index (κ3) is 4.69. The second-order valence-corrected chi connectivity index (χ2v) is 5.68. The minimum atomic E-state index is -0.251. The van der Waals surface area contributed by atoms with Crippen molar-refractivity contribution >= 4 is 12.0 Å². The molecule has 23 heavy (non-hydrogen) atoms. The first-order valence-electron chi connectivity index (χ1n) is 7.83. The third-order valence-electron chi connectivity index (χ3n) is 4.08. The summed E-state index contributed by atoms with van der Waals surface area (Å²) in [4.78, 5) is 25.9. The van der Waals surface area contributed by atoms with Gasteiger partial charge in [-0.15, -0.1) is 0 Å². The second-order valence-electron chi connectivity index (χ2n) is 5.68. The van der Waals surface area contributed by atoms with Gasteiger partial charge in [0.1, 0.15) is 0 Å². The number of piperidine rings is 1. The van der Waals surface area contributed by atoms with E-state index in [4.69, 9.17) is 9.47 Å². The number of hydrogen-bond acceptors (Lipinski definition) is 4. The molecule has 2 amide bonds. The first-order valence-corrected chi connectivity index (χ1v) is 7.83. The lowest BCUT2D eigenvalue weighted by molar-refractivity contribution is -0.146. The van der Waals surface area contributed by atoms with Crippen LogP contribution in [-0.4, -0.2) is 50.8 Å². The molecule has 6 nitrogen and oxygen atoms in total. The maximum atomic E-state index is 12.5. The Morgan fingerprint density at radius 2 is 2.04 bits per heavy atom. The fourth-order valence-electron chi connectivity index (χ4n) is 2.83. The van der Waals surface area contributed by atoms with Crippen LogP contribution >= 0.6 is 0 Å². The fourth-order valence-corrected chi connectivity index (χ4v) is 2.83. The Bertz CT molecular complexity index is 521. The molecule has 0 spiro atoms. The highest BCUT2D eigenvalue weighted by Crippen LogP contribution is 2.19. The molecule has 1 aromatic carbocycles. The van der Waals surface area contributed by atoms with Crippen LogP contribution in [0.1, 0.15) is 24.4 Å². The van der Waals surface area contributed by atoms with E-state index in [0.717, 1.165) is 18.4 Å². The number of methoxy groups -OCH3 is 2. The maximum Gasteiger partial charge on any atom is 0.317 e. The van der Waals surface area contributed by atoms with Crippen molar-refractivity contribution in [1.29, 1.82) is 0 Å². The number of urea groups is 1. The van der Waals surface area contributed by atoms with Crippen molar-refractivity contribution in [3.05, 3.63) is 35.9 Å². The molecule has 0 aliphatic carbocycles. The number of likely N-dealkylation sites (tertiary alicyclic amines) is 1. The van der Waals surface area contributed by atoms with E-state index < -0.39 is 0 Å². The molecule has 1 saturated heterocycles. The minimum absolute atomic E-state index is 0.176. The molecule has 0 bridgehead atoms. The van der Waals surface area contributed by atoms with E-state index in [2.05, 4.69) is 5.32 Å². The minimum Gasteiger partial charge on any atom is -0.469 e. The summed E-state index contributed by atoms with van der Waals surface area (Å²) < 4.78 is 10.0. The van der Waals surface area contributed by atoms with Crippen molar-refractivity contribution in [2.75, 3.05) is 33.9 Å². The van der Waals surface area contributed by atoms with Gasteiger partial charge in [0.25, 0.3) is 0 Å². The van der Waals surface area contributed by atoms with Crippen LogP contribution in [0.25, 0.3) is 0 Å². The lowest BCUT2D eigenvalue weighted by Gasteiger charge is -2.32. The molecule has 2 unspecified atom stereocenters. The van der Waals surface area contributed by atoms with Crippen LogP contribution in [0.5, 0.6) is 0 Å². The lowest BCUT2D eigenvalue weighted by atomic mass is 9.98. The van der Waals surface area contributed by atoms with Crippen molar-refractivity contribution in [2.24, 2.45) is 5.92 Å². The number of nitrogens with zero attached hydrogens (tertiary/aromatic N) is 1. The van der Waals surface area contributed by atoms with Crippen LogP contribution in [-0.2, 0) is 14.3 Å². The summed E-state index contributed by atoms with van der Waals surface area (Å²) in [5.74, 6) is -0.490. The third-order valence-corrected chi connectivity index (χ3v) is 4.08. The number of benzene rings is 1. The van der Waals surface area contributed by atoms with E-state index >= 15 is 0 Å². The normalized spacial score (nSPS) is 19.0. The lowest BCUT2D eigenvalue weighted by Crippen LogP contribution is -2.48. The zero-order valence-electron chi connectivity index (χ0n) is 13.7. The first-order chi connectivity index (χ1) is 11.2. The van der Waals surface area contributed by atoms with Crippen LogP contribution < -0.4 is 5.32 Å². The van der Waals surface area contributed by atoms with Crippen LogP contribution in [0.4, 0.5) is 4.79 Å². The molecule has 1 aliphatic heterocycles. The number of amides is 2. The van der Waals surface area contributed by atoms with Gasteiger partial charge in [-0.05, 0) is 18.4 Å². The van der Waals surface area contributed by atoms with E-state index in [1.807, 2.05) is 30.3 Å². The van der Waals surface area contributed by atoms with E-state index in [0.29, 0.717) is 19.7 Å². The molecular weight excluding hydrogens is 296 g/mol. The summed E-state index contributed by atoms with van der Waals surface area (Å²) in [5, 5.41) is 2.99. The molecule has 2 atom stereocenters. The Morgan fingerprint density at radius 1 is 1.30 bits per heavy atom. The van der Waals surface area contributed by atoms with Gasteiger partial charge in [-0.25, -0.2) is 4.79 Å². The van der Waals surface area contributed by atoms with Gasteiger partial charge >= 0.3 is 12.0 Å². The molecule has 1 aromatic rings. The summed E-state index contributed by atoms with van der Waals surface area (Å²) >= 11 is 0. The topological polar surface area (TPSA) is 67.9 Å². The largest absolute Gasteiger partial charge is 0.469 e. The number of esters is 1. The van der Waals surface area contributed by atoms with Crippen molar-refractivity contribution in [3.8, 4) is 0 Å². The van der Waals surface area contributed by atoms with Gasteiger partial charge in [-0.2, -0.15) is 0 Å². The summed E-state index contributed by atoms with van der Waals surface area (Å²) in [6.45, 7) is 1.44. The maximum absolute atomic E-state index is 12.5. The Labute approximate surface area is 136 Å². The Balaban J connectivity index is 1.99. The van der Waals surface area contributed by atoms with Crippen LogP contribution in [0.2, 0.25) is 0 Å². The molecule has 126 valence electrons. The van der Waals surface area contributed by atoms with Gasteiger partial charge in [0, 0.05) is 20.2 Å². The highest BCUT2D eigenvalue weighted by molar-refractivity contribution is 5.77. The average Bonchev–Trinajstić information content (AvgIpc) is 2.61. The number of ether oxygens (including phenoxy) is 2. The molecule has 1 heterocycles. The van der Waals surface area contributed by atoms with Crippen molar-refractivity contribution < 1.29 is 19.1 Å². The van der Waals surface area contributed by atoms with Crippen molar-refractivity contribution in [2.45, 2.75) is 18.9 Å². The van der Waals surface area contributed by atoms with E-state index in [1.54, 1.807) is 12.0 Å². The smallest absolute Gasteiger partial charge is 0.317 e. The van der Waals surface area contributed by atoms with Crippen molar-refractivity contribution in [3.63, 3.8) is 0 Å². The molecule has 6 heteroatoms. The Hall–Kier alpha value is -2.08. The first kappa shape index (κ1) is 17.3. The molecule has 1 N–H and O–H groups in total. The van der Waals surface area contributed by atoms with E-state index in [9.17, 15) is 9.59 Å². The van der Waals surface area contributed by atoms with Crippen LogP contribution in [0.3, 0.4) is 0 Å². The van der Waals surface area contributed by atoms with Crippen LogP contribution in [0, 0.1) is 5.92 Å². The highest BCUT2D eigenvalue weighted by atomic mass is 16.5. The molecule has 0 aromatic heterocycles. The average molecular weight is 320 g/mol. The molecule has 1 fully saturated rings. The van der Waals surface area contributed by atoms with Crippen LogP contribution in [0.15, 0.2) is 30.3 Å². The SMILES string of the molecule is COCC(NC(=O)N1CCCC(C(=O)OC)C1)c1ccccc1. The van der Waals surface area contributed by atoms with Gasteiger partial charge in [0.15, 0.2) is 0 Å². The number of nitrogens with one attached hydrogen (secondary N) is 1. The fraction of sp³-hybridized carbons (Fsp3) is 0.529. The predicted octanol–water partition coefficient (Wildman–Crippen LogP) is 1.97. The highest BCUT2D eigenvalue weighted by Gasteiger charge is 2.30. The number of carbonyl (C=O) groups excluding carboxylic acids is 2. The monoisotopic (exact) mass is 320 g/mol. The molecule has 0 radical (unpaired) electrons. The van der Waals surface area contributed by atoms with E-state index in [-0.39, 0.29) is 24.0 Å². The predicted molar refractivity (Wildman–Crippen MR) is 85.9 cm³/mol. The quantitative estimate of drug-likeness (QED) is 0.842. The van der Waals surface area contributed by atoms with Gasteiger partial charge < -0.3 is 19.7 Å². The Kier molecular flexibility index (Phi) is 6.40. The zero-order chi connectivity index (χ0) is 16.7. The zero-order valence-corrected chi connectivity index (χ0v) is 13.7. The molecule has 2 rings (SSSR count). The summed E-state index contributed by atoms with van der Waals surface area (Å²) in [6.07, 6.45) is 1.56. The molecular formula is C17H24N2O4.